The molecule has 3 unspecified atom stereocenters. The fourth-order valence-corrected chi connectivity index (χ4v) is 3.13. The molecule has 1 aliphatic rings. The van der Waals surface area contributed by atoms with E-state index in [-0.39, 0.29) is 0 Å². The summed E-state index contributed by atoms with van der Waals surface area (Å²) >= 11 is 0. The van der Waals surface area contributed by atoms with Crippen molar-refractivity contribution in [3.8, 4) is 11.5 Å². The molecule has 0 heterocycles. The van der Waals surface area contributed by atoms with Gasteiger partial charge in [0.1, 0.15) is 0 Å². The number of benzene rings is 1. The molecule has 0 bridgehead atoms. The Morgan fingerprint density at radius 1 is 1.14 bits per heavy atom. The van der Waals surface area contributed by atoms with Gasteiger partial charge in [0.15, 0.2) is 11.5 Å². The van der Waals surface area contributed by atoms with Crippen LogP contribution >= 0.6 is 0 Å². The predicted octanol–water partition coefficient (Wildman–Crippen LogP) is 2.79. The third kappa shape index (κ3) is 4.35. The lowest BCUT2D eigenvalue weighted by Crippen LogP contribution is -2.36. The number of methoxy groups -OCH3 is 3. The molecular weight excluding hydrogens is 266 g/mol. The Labute approximate surface area is 127 Å². The number of hydrogen-bond donors (Lipinski definition) is 1. The normalized spacial score (nSPS) is 23.0. The molecule has 21 heavy (non-hydrogen) atoms. The quantitative estimate of drug-likeness (QED) is 0.839. The zero-order chi connectivity index (χ0) is 15.2. The molecule has 1 saturated carbocycles. The SMILES string of the molecule is COc1ccc(CC(C)NC2CCC(OC)C2)cc1OC. The molecule has 0 aromatic heterocycles. The van der Waals surface area contributed by atoms with Gasteiger partial charge in [0.05, 0.1) is 20.3 Å². The molecule has 3 atom stereocenters. The first-order valence-corrected chi connectivity index (χ1v) is 7.66. The summed E-state index contributed by atoms with van der Waals surface area (Å²) in [5.41, 5.74) is 1.26. The maximum Gasteiger partial charge on any atom is 0.160 e. The number of ether oxygens (including phenoxy) is 3. The lowest BCUT2D eigenvalue weighted by Gasteiger charge is -2.20. The van der Waals surface area contributed by atoms with Crippen LogP contribution in [0.15, 0.2) is 18.2 Å². The monoisotopic (exact) mass is 293 g/mol. The highest BCUT2D eigenvalue weighted by Gasteiger charge is 2.25. The third-order valence-corrected chi connectivity index (χ3v) is 4.23. The van der Waals surface area contributed by atoms with Gasteiger partial charge in [-0.2, -0.15) is 0 Å². The summed E-state index contributed by atoms with van der Waals surface area (Å²) in [5, 5.41) is 3.71. The molecular formula is C17H27NO3. The van der Waals surface area contributed by atoms with Gasteiger partial charge in [-0.3, -0.25) is 0 Å². The highest BCUT2D eigenvalue weighted by Crippen LogP contribution is 2.28. The topological polar surface area (TPSA) is 39.7 Å². The van der Waals surface area contributed by atoms with Crippen LogP contribution in [0.5, 0.6) is 11.5 Å². The molecule has 1 fully saturated rings. The van der Waals surface area contributed by atoms with Crippen molar-refractivity contribution in [1.82, 2.24) is 5.32 Å². The summed E-state index contributed by atoms with van der Waals surface area (Å²) in [4.78, 5) is 0. The van der Waals surface area contributed by atoms with E-state index in [2.05, 4.69) is 24.4 Å². The van der Waals surface area contributed by atoms with Gasteiger partial charge in [-0.15, -0.1) is 0 Å². The molecule has 1 aromatic carbocycles. The van der Waals surface area contributed by atoms with Gasteiger partial charge in [0.25, 0.3) is 0 Å². The van der Waals surface area contributed by atoms with E-state index in [1.54, 1.807) is 21.3 Å². The molecule has 1 aromatic rings. The fourth-order valence-electron chi connectivity index (χ4n) is 3.13. The molecule has 1 aliphatic carbocycles. The second-order valence-corrected chi connectivity index (χ2v) is 5.83. The Bertz CT molecular complexity index is 450. The van der Waals surface area contributed by atoms with Gasteiger partial charge >= 0.3 is 0 Å². The zero-order valence-corrected chi connectivity index (χ0v) is 13.5. The van der Waals surface area contributed by atoms with Crippen LogP contribution < -0.4 is 14.8 Å². The van der Waals surface area contributed by atoms with Crippen molar-refractivity contribution >= 4 is 0 Å². The minimum atomic E-state index is 0.427. The summed E-state index contributed by atoms with van der Waals surface area (Å²) in [5.74, 6) is 1.57. The van der Waals surface area contributed by atoms with Crippen molar-refractivity contribution in [2.45, 2.75) is 50.8 Å². The first kappa shape index (κ1) is 16.1. The second kappa shape index (κ2) is 7.66. The zero-order valence-electron chi connectivity index (χ0n) is 13.5. The minimum Gasteiger partial charge on any atom is -0.493 e. The Hall–Kier alpha value is -1.26. The highest BCUT2D eigenvalue weighted by molar-refractivity contribution is 5.43. The van der Waals surface area contributed by atoms with E-state index in [0.717, 1.165) is 30.8 Å². The van der Waals surface area contributed by atoms with Crippen molar-refractivity contribution in [1.29, 1.82) is 0 Å². The second-order valence-electron chi connectivity index (χ2n) is 5.83. The molecule has 1 N–H and O–H groups in total. The van der Waals surface area contributed by atoms with Crippen LogP contribution in [-0.4, -0.2) is 39.5 Å². The van der Waals surface area contributed by atoms with Crippen LogP contribution in [0.3, 0.4) is 0 Å². The van der Waals surface area contributed by atoms with Gasteiger partial charge in [0, 0.05) is 19.2 Å². The smallest absolute Gasteiger partial charge is 0.160 e. The first-order chi connectivity index (χ1) is 10.2. The van der Waals surface area contributed by atoms with Crippen molar-refractivity contribution in [2.75, 3.05) is 21.3 Å². The van der Waals surface area contributed by atoms with Gasteiger partial charge in [-0.1, -0.05) is 6.07 Å². The lowest BCUT2D eigenvalue weighted by atomic mass is 10.1. The van der Waals surface area contributed by atoms with Crippen LogP contribution in [0.1, 0.15) is 31.7 Å². The largest absolute Gasteiger partial charge is 0.493 e. The van der Waals surface area contributed by atoms with E-state index in [9.17, 15) is 0 Å². The van der Waals surface area contributed by atoms with Crippen molar-refractivity contribution < 1.29 is 14.2 Å². The van der Waals surface area contributed by atoms with Gasteiger partial charge < -0.3 is 19.5 Å². The number of rotatable bonds is 7. The van der Waals surface area contributed by atoms with Gasteiger partial charge in [-0.25, -0.2) is 0 Å². The fraction of sp³-hybridized carbons (Fsp3) is 0.647. The van der Waals surface area contributed by atoms with E-state index in [1.165, 1.54) is 12.0 Å². The van der Waals surface area contributed by atoms with Crippen LogP contribution in [0, 0.1) is 0 Å². The van der Waals surface area contributed by atoms with Crippen molar-refractivity contribution in [3.05, 3.63) is 23.8 Å². The molecule has 0 radical (unpaired) electrons. The Morgan fingerprint density at radius 2 is 1.90 bits per heavy atom. The molecule has 0 amide bonds. The Kier molecular flexibility index (Phi) is 5.88. The predicted molar refractivity (Wildman–Crippen MR) is 84.3 cm³/mol. The van der Waals surface area contributed by atoms with Crippen molar-refractivity contribution in [2.24, 2.45) is 0 Å². The molecule has 0 aliphatic heterocycles. The van der Waals surface area contributed by atoms with E-state index in [1.807, 2.05) is 6.07 Å². The number of hydrogen-bond acceptors (Lipinski definition) is 4. The van der Waals surface area contributed by atoms with E-state index in [0.29, 0.717) is 18.2 Å². The average molecular weight is 293 g/mol. The van der Waals surface area contributed by atoms with Crippen LogP contribution in [0.2, 0.25) is 0 Å². The molecule has 118 valence electrons. The Balaban J connectivity index is 1.89. The van der Waals surface area contributed by atoms with Crippen LogP contribution in [-0.2, 0) is 11.2 Å². The maximum atomic E-state index is 5.43. The van der Waals surface area contributed by atoms with Crippen molar-refractivity contribution in [3.63, 3.8) is 0 Å². The highest BCUT2D eigenvalue weighted by atomic mass is 16.5. The summed E-state index contributed by atoms with van der Waals surface area (Å²) in [7, 11) is 5.14. The molecule has 4 heteroatoms. The van der Waals surface area contributed by atoms with E-state index >= 15 is 0 Å². The molecule has 0 spiro atoms. The molecule has 2 rings (SSSR count). The average Bonchev–Trinajstić information content (AvgIpc) is 2.94. The van der Waals surface area contributed by atoms with Gasteiger partial charge in [0.2, 0.25) is 0 Å². The van der Waals surface area contributed by atoms with Crippen LogP contribution in [0.4, 0.5) is 0 Å². The molecule has 4 nitrogen and oxygen atoms in total. The summed E-state index contributed by atoms with van der Waals surface area (Å²) in [6.45, 7) is 2.23. The first-order valence-electron chi connectivity index (χ1n) is 7.66. The number of nitrogens with one attached hydrogen (secondary N) is 1. The molecule has 0 saturated heterocycles. The third-order valence-electron chi connectivity index (χ3n) is 4.23. The lowest BCUT2D eigenvalue weighted by molar-refractivity contribution is 0.106. The summed E-state index contributed by atoms with van der Waals surface area (Å²) < 4.78 is 16.1. The summed E-state index contributed by atoms with van der Waals surface area (Å²) in [6, 6.07) is 7.14. The van der Waals surface area contributed by atoms with Gasteiger partial charge in [-0.05, 0) is 50.3 Å². The standard InChI is InChI=1S/C17H27NO3/c1-12(18-14-6-7-15(11-14)19-2)9-13-5-8-16(20-3)17(10-13)21-4/h5,8,10,12,14-15,18H,6-7,9,11H2,1-4H3. The minimum absolute atomic E-state index is 0.427. The summed E-state index contributed by atoms with van der Waals surface area (Å²) in [6.07, 6.45) is 4.89. The maximum absolute atomic E-state index is 5.43. The Morgan fingerprint density at radius 3 is 2.52 bits per heavy atom. The van der Waals surface area contributed by atoms with E-state index in [4.69, 9.17) is 14.2 Å². The van der Waals surface area contributed by atoms with E-state index < -0.39 is 0 Å². The van der Waals surface area contributed by atoms with Crippen LogP contribution in [0.25, 0.3) is 0 Å².